The van der Waals surface area contributed by atoms with Crippen molar-refractivity contribution in [3.05, 3.63) is 36.5 Å². The zero-order valence-corrected chi connectivity index (χ0v) is 10.2. The molecule has 1 aliphatic rings. The average Bonchev–Trinajstić information content (AvgIpc) is 2.40. The summed E-state index contributed by atoms with van der Waals surface area (Å²) in [5.41, 5.74) is 0.251. The normalized spacial score (nSPS) is 16.6. The van der Waals surface area contributed by atoms with Gasteiger partial charge < -0.3 is 10.0 Å². The molecule has 1 fully saturated rings. The predicted molar refractivity (Wildman–Crippen MR) is 69.7 cm³/mol. The second-order valence-electron chi connectivity index (χ2n) is 4.36. The molecule has 0 unspecified atom stereocenters. The van der Waals surface area contributed by atoms with Crippen LogP contribution < -0.4 is 4.90 Å². The molecule has 96 valence electrons. The maximum Gasteiger partial charge on any atom is 0.332 e. The van der Waals surface area contributed by atoms with Crippen LogP contribution in [-0.2, 0) is 4.79 Å². The number of nitrogens with zero attached hydrogens (tertiary/aromatic N) is 3. The topological polar surface area (TPSA) is 56.7 Å². The van der Waals surface area contributed by atoms with E-state index < -0.39 is 5.97 Å². The number of carbonyl (C=O) groups is 1. The number of anilines is 1. The molecular formula is C13H17N3O2. The van der Waals surface area contributed by atoms with Gasteiger partial charge in [-0.15, -0.1) is 0 Å². The molecule has 1 N–H and O–H groups in total. The number of aromatic nitrogens is 1. The highest BCUT2D eigenvalue weighted by Crippen LogP contribution is 2.12. The average molecular weight is 247 g/mol. The summed E-state index contributed by atoms with van der Waals surface area (Å²) < 4.78 is 0. The van der Waals surface area contributed by atoms with E-state index >= 15 is 0 Å². The standard InChI is InChI=1S/C13H17N3O2/c1-11(13(17)18)10-15-6-8-16(9-7-15)12-4-2-3-5-14-12/h2-5H,1,6-10H2,(H,17,18). The van der Waals surface area contributed by atoms with Crippen LogP contribution in [0.15, 0.2) is 36.5 Å². The van der Waals surface area contributed by atoms with Crippen LogP contribution in [0.3, 0.4) is 0 Å². The molecule has 1 aromatic rings. The lowest BCUT2D eigenvalue weighted by Crippen LogP contribution is -2.47. The van der Waals surface area contributed by atoms with Crippen molar-refractivity contribution in [3.8, 4) is 0 Å². The Kier molecular flexibility index (Phi) is 3.94. The molecule has 18 heavy (non-hydrogen) atoms. The molecule has 1 aromatic heterocycles. The van der Waals surface area contributed by atoms with Crippen LogP contribution in [0.2, 0.25) is 0 Å². The second-order valence-corrected chi connectivity index (χ2v) is 4.36. The molecule has 0 spiro atoms. The van der Waals surface area contributed by atoms with Crippen LogP contribution in [0.1, 0.15) is 0 Å². The van der Waals surface area contributed by atoms with Crippen LogP contribution in [0, 0.1) is 0 Å². The minimum Gasteiger partial charge on any atom is -0.478 e. The summed E-state index contributed by atoms with van der Waals surface area (Å²) in [7, 11) is 0. The fourth-order valence-electron chi connectivity index (χ4n) is 2.01. The Morgan fingerprint density at radius 2 is 2.06 bits per heavy atom. The van der Waals surface area contributed by atoms with Crippen molar-refractivity contribution in [3.63, 3.8) is 0 Å². The van der Waals surface area contributed by atoms with E-state index in [0.717, 1.165) is 32.0 Å². The Bertz CT molecular complexity index is 425. The summed E-state index contributed by atoms with van der Waals surface area (Å²) in [5, 5.41) is 8.80. The number of carboxylic acids is 1. The monoisotopic (exact) mass is 247 g/mol. The minimum atomic E-state index is -0.915. The van der Waals surface area contributed by atoms with Gasteiger partial charge >= 0.3 is 5.97 Å². The summed E-state index contributed by atoms with van der Waals surface area (Å²) in [6.45, 7) is 7.40. The fraction of sp³-hybridized carbons (Fsp3) is 0.385. The van der Waals surface area contributed by atoms with Crippen molar-refractivity contribution in [1.29, 1.82) is 0 Å². The van der Waals surface area contributed by atoms with Gasteiger partial charge in [-0.25, -0.2) is 9.78 Å². The molecule has 1 saturated heterocycles. The van der Waals surface area contributed by atoms with Gasteiger partial charge in [-0.1, -0.05) is 12.6 Å². The maximum atomic E-state index is 10.7. The molecule has 0 aromatic carbocycles. The van der Waals surface area contributed by atoms with Gasteiger partial charge in [-0.2, -0.15) is 0 Å². The third-order valence-electron chi connectivity index (χ3n) is 3.06. The van der Waals surface area contributed by atoms with Gasteiger partial charge in [0.05, 0.1) is 0 Å². The van der Waals surface area contributed by atoms with Crippen molar-refractivity contribution >= 4 is 11.8 Å². The summed E-state index contributed by atoms with van der Waals surface area (Å²) in [6.07, 6.45) is 1.79. The predicted octanol–water partition coefficient (Wildman–Crippen LogP) is 0.844. The molecular weight excluding hydrogens is 230 g/mol. The lowest BCUT2D eigenvalue weighted by atomic mass is 10.2. The van der Waals surface area contributed by atoms with E-state index in [1.54, 1.807) is 6.20 Å². The van der Waals surface area contributed by atoms with Gasteiger partial charge in [-0.3, -0.25) is 4.90 Å². The van der Waals surface area contributed by atoms with Crippen LogP contribution in [-0.4, -0.2) is 53.7 Å². The van der Waals surface area contributed by atoms with E-state index in [4.69, 9.17) is 5.11 Å². The van der Waals surface area contributed by atoms with E-state index in [1.165, 1.54) is 0 Å². The zero-order valence-electron chi connectivity index (χ0n) is 10.2. The van der Waals surface area contributed by atoms with Crippen LogP contribution >= 0.6 is 0 Å². The number of rotatable bonds is 4. The largest absolute Gasteiger partial charge is 0.478 e. The Morgan fingerprint density at radius 3 is 2.61 bits per heavy atom. The first kappa shape index (κ1) is 12.6. The van der Waals surface area contributed by atoms with E-state index in [1.807, 2.05) is 18.2 Å². The zero-order chi connectivity index (χ0) is 13.0. The quantitative estimate of drug-likeness (QED) is 0.799. The highest BCUT2D eigenvalue weighted by atomic mass is 16.4. The number of aliphatic carboxylic acids is 1. The highest BCUT2D eigenvalue weighted by Gasteiger charge is 2.19. The third kappa shape index (κ3) is 3.07. The Hall–Kier alpha value is -1.88. The lowest BCUT2D eigenvalue weighted by Gasteiger charge is -2.35. The van der Waals surface area contributed by atoms with Crippen molar-refractivity contribution in [2.45, 2.75) is 0 Å². The summed E-state index contributed by atoms with van der Waals surface area (Å²) in [6, 6.07) is 5.86. The first-order valence-corrected chi connectivity index (χ1v) is 5.96. The number of hydrogen-bond donors (Lipinski definition) is 1. The lowest BCUT2D eigenvalue weighted by molar-refractivity contribution is -0.132. The molecule has 0 bridgehead atoms. The highest BCUT2D eigenvalue weighted by molar-refractivity contribution is 5.86. The van der Waals surface area contributed by atoms with Crippen LogP contribution in [0.25, 0.3) is 0 Å². The summed E-state index contributed by atoms with van der Waals surface area (Å²) in [4.78, 5) is 19.3. The van der Waals surface area contributed by atoms with E-state index in [2.05, 4.69) is 21.4 Å². The molecule has 0 saturated carbocycles. The number of hydrogen-bond acceptors (Lipinski definition) is 4. The van der Waals surface area contributed by atoms with Crippen LogP contribution in [0.4, 0.5) is 5.82 Å². The van der Waals surface area contributed by atoms with Crippen molar-refractivity contribution in [2.75, 3.05) is 37.6 Å². The number of carboxylic acid groups (broad SMARTS) is 1. The van der Waals surface area contributed by atoms with Gasteiger partial charge in [0.1, 0.15) is 5.82 Å². The summed E-state index contributed by atoms with van der Waals surface area (Å²) >= 11 is 0. The van der Waals surface area contributed by atoms with Gasteiger partial charge in [0.2, 0.25) is 0 Å². The minimum absolute atomic E-state index is 0.251. The third-order valence-corrected chi connectivity index (χ3v) is 3.06. The molecule has 1 aliphatic heterocycles. The van der Waals surface area contributed by atoms with Gasteiger partial charge in [0.25, 0.3) is 0 Å². The van der Waals surface area contributed by atoms with Gasteiger partial charge in [0, 0.05) is 44.5 Å². The fourth-order valence-corrected chi connectivity index (χ4v) is 2.01. The van der Waals surface area contributed by atoms with Crippen LogP contribution in [0.5, 0.6) is 0 Å². The molecule has 0 radical (unpaired) electrons. The molecule has 2 heterocycles. The first-order valence-electron chi connectivity index (χ1n) is 5.96. The van der Waals surface area contributed by atoms with Crippen molar-refractivity contribution in [2.24, 2.45) is 0 Å². The Morgan fingerprint density at radius 1 is 1.33 bits per heavy atom. The molecule has 0 atom stereocenters. The number of piperazine rings is 1. The smallest absolute Gasteiger partial charge is 0.332 e. The first-order chi connectivity index (χ1) is 8.66. The van der Waals surface area contributed by atoms with Crippen molar-refractivity contribution in [1.82, 2.24) is 9.88 Å². The van der Waals surface area contributed by atoms with Crippen molar-refractivity contribution < 1.29 is 9.90 Å². The SMILES string of the molecule is C=C(CN1CCN(c2ccccn2)CC1)C(=O)O. The molecule has 5 heteroatoms. The second kappa shape index (κ2) is 5.64. The van der Waals surface area contributed by atoms with E-state index in [9.17, 15) is 4.79 Å². The van der Waals surface area contributed by atoms with E-state index in [-0.39, 0.29) is 5.57 Å². The maximum absolute atomic E-state index is 10.7. The molecule has 2 rings (SSSR count). The van der Waals surface area contributed by atoms with E-state index in [0.29, 0.717) is 6.54 Å². The molecule has 0 amide bonds. The number of pyridine rings is 1. The van der Waals surface area contributed by atoms with Gasteiger partial charge in [-0.05, 0) is 12.1 Å². The molecule has 5 nitrogen and oxygen atoms in total. The summed E-state index contributed by atoms with van der Waals surface area (Å²) in [5.74, 6) is 0.0661. The van der Waals surface area contributed by atoms with Gasteiger partial charge in [0.15, 0.2) is 0 Å². The Balaban J connectivity index is 1.85. The Labute approximate surface area is 106 Å². The molecule has 0 aliphatic carbocycles.